The van der Waals surface area contributed by atoms with Gasteiger partial charge in [-0.1, -0.05) is 36.4 Å². The van der Waals surface area contributed by atoms with Gasteiger partial charge in [0.25, 0.3) is 0 Å². The number of rotatable bonds is 1. The molecule has 2 saturated heterocycles. The fourth-order valence-corrected chi connectivity index (χ4v) is 4.20. The topological polar surface area (TPSA) is 48.0 Å². The maximum atomic E-state index is 13.4. The van der Waals surface area contributed by atoms with Crippen LogP contribution in [0, 0.1) is 5.41 Å². The lowest BCUT2D eigenvalue weighted by molar-refractivity contribution is -0.303. The Hall–Kier alpha value is -2.37. The number of likely N-dealkylation sites (tertiary alicyclic amines) is 1. The predicted octanol–water partition coefficient (Wildman–Crippen LogP) is 3.54. The quantitative estimate of drug-likeness (QED) is 0.776. The van der Waals surface area contributed by atoms with Crippen LogP contribution < -0.4 is 4.74 Å². The van der Waals surface area contributed by atoms with E-state index < -0.39 is 5.79 Å². The van der Waals surface area contributed by atoms with Crippen molar-refractivity contribution in [3.05, 3.63) is 59.7 Å². The van der Waals surface area contributed by atoms with Gasteiger partial charge in [-0.3, -0.25) is 4.79 Å². The van der Waals surface area contributed by atoms with Crippen molar-refractivity contribution in [1.29, 1.82) is 0 Å². The summed E-state index contributed by atoms with van der Waals surface area (Å²) in [6.45, 7) is 6.46. The molecule has 0 radical (unpaired) electrons. The minimum atomic E-state index is -0.533. The molecule has 0 N–H and O–H groups in total. The fraction of sp³-hybridized carbons (Fsp3) is 0.409. The smallest absolute Gasteiger partial charge is 0.234 e. The summed E-state index contributed by atoms with van der Waals surface area (Å²) in [5, 5.41) is 0. The lowest BCUT2D eigenvalue weighted by Crippen LogP contribution is -2.66. The highest BCUT2D eigenvalue weighted by molar-refractivity contribution is 5.90. The zero-order valence-corrected chi connectivity index (χ0v) is 15.6. The van der Waals surface area contributed by atoms with Crippen LogP contribution in [-0.2, 0) is 14.3 Å². The van der Waals surface area contributed by atoms with E-state index in [0.717, 1.165) is 22.6 Å². The Kier molecular flexibility index (Phi) is 3.61. The summed E-state index contributed by atoms with van der Waals surface area (Å²) >= 11 is 0. The highest BCUT2D eigenvalue weighted by Crippen LogP contribution is 2.46. The predicted molar refractivity (Wildman–Crippen MR) is 99.8 cm³/mol. The zero-order chi connectivity index (χ0) is 18.6. The molecule has 2 aromatic rings. The fourth-order valence-electron chi connectivity index (χ4n) is 4.20. The van der Waals surface area contributed by atoms with Crippen molar-refractivity contribution in [3.63, 3.8) is 0 Å². The second-order valence-corrected chi connectivity index (χ2v) is 8.28. The van der Waals surface area contributed by atoms with Crippen molar-refractivity contribution in [3.8, 4) is 11.5 Å². The van der Waals surface area contributed by atoms with Crippen molar-refractivity contribution in [2.45, 2.75) is 25.6 Å². The molecule has 0 saturated carbocycles. The van der Waals surface area contributed by atoms with Crippen molar-refractivity contribution >= 4 is 5.91 Å². The molecule has 5 nitrogen and oxygen atoms in total. The Bertz CT molecular complexity index is 843. The Morgan fingerprint density at radius 1 is 0.926 bits per heavy atom. The third-order valence-corrected chi connectivity index (χ3v) is 5.74. The first-order valence-corrected chi connectivity index (χ1v) is 9.39. The Morgan fingerprint density at radius 2 is 1.44 bits per heavy atom. The van der Waals surface area contributed by atoms with Crippen LogP contribution >= 0.6 is 0 Å². The number of hydrogen-bond donors (Lipinski definition) is 0. The number of carbonyl (C=O) groups is 1. The molecular weight excluding hydrogens is 342 g/mol. The van der Waals surface area contributed by atoms with Gasteiger partial charge in [0.15, 0.2) is 5.79 Å². The molecule has 2 aromatic carbocycles. The second-order valence-electron chi connectivity index (χ2n) is 8.28. The number of amides is 1. The van der Waals surface area contributed by atoms with Gasteiger partial charge >= 0.3 is 0 Å². The van der Waals surface area contributed by atoms with Gasteiger partial charge in [-0.2, -0.15) is 0 Å². The summed E-state index contributed by atoms with van der Waals surface area (Å²) < 4.78 is 17.7. The molecule has 0 aliphatic carbocycles. The Labute approximate surface area is 158 Å². The van der Waals surface area contributed by atoms with Crippen molar-refractivity contribution in [1.82, 2.24) is 4.90 Å². The van der Waals surface area contributed by atoms with Gasteiger partial charge in [-0.25, -0.2) is 0 Å². The summed E-state index contributed by atoms with van der Waals surface area (Å²) in [5.74, 6) is 0.777. The van der Waals surface area contributed by atoms with E-state index in [2.05, 4.69) is 0 Å². The van der Waals surface area contributed by atoms with E-state index in [9.17, 15) is 4.79 Å². The molecule has 3 aliphatic rings. The first-order valence-electron chi connectivity index (χ1n) is 9.39. The van der Waals surface area contributed by atoms with Crippen LogP contribution in [0.25, 0.3) is 0 Å². The molecular formula is C22H23NO4. The molecule has 0 aromatic heterocycles. The van der Waals surface area contributed by atoms with Gasteiger partial charge < -0.3 is 19.1 Å². The van der Waals surface area contributed by atoms with E-state index in [1.165, 1.54) is 0 Å². The van der Waals surface area contributed by atoms with Gasteiger partial charge in [0.2, 0.25) is 5.91 Å². The van der Waals surface area contributed by atoms with Crippen molar-refractivity contribution in [2.75, 3.05) is 26.3 Å². The van der Waals surface area contributed by atoms with Crippen LogP contribution in [0.4, 0.5) is 0 Å². The molecule has 3 aliphatic heterocycles. The summed E-state index contributed by atoms with van der Waals surface area (Å²) in [5.41, 5.74) is 1.79. The SMILES string of the molecule is CC1(C)OCC2(CO1)CN(C(=O)C1c3ccccc3Oc3ccccc31)C2. The Balaban J connectivity index is 1.40. The van der Waals surface area contributed by atoms with Crippen molar-refractivity contribution in [2.24, 2.45) is 5.41 Å². The number of ether oxygens (including phenoxy) is 3. The van der Waals surface area contributed by atoms with E-state index in [1.54, 1.807) is 0 Å². The molecule has 0 atom stereocenters. The maximum Gasteiger partial charge on any atom is 0.234 e. The molecule has 5 rings (SSSR count). The monoisotopic (exact) mass is 365 g/mol. The number of nitrogens with zero attached hydrogens (tertiary/aromatic N) is 1. The van der Waals surface area contributed by atoms with Gasteiger partial charge in [-0.05, 0) is 26.0 Å². The number of benzene rings is 2. The second kappa shape index (κ2) is 5.81. The van der Waals surface area contributed by atoms with Gasteiger partial charge in [0.05, 0.1) is 24.5 Å². The van der Waals surface area contributed by atoms with E-state index in [0.29, 0.717) is 26.3 Å². The van der Waals surface area contributed by atoms with E-state index in [-0.39, 0.29) is 17.2 Å². The van der Waals surface area contributed by atoms with Gasteiger partial charge in [0, 0.05) is 24.2 Å². The molecule has 27 heavy (non-hydrogen) atoms. The zero-order valence-electron chi connectivity index (χ0n) is 15.6. The van der Waals surface area contributed by atoms with E-state index in [4.69, 9.17) is 14.2 Å². The van der Waals surface area contributed by atoms with Crippen LogP contribution in [0.15, 0.2) is 48.5 Å². The highest BCUT2D eigenvalue weighted by atomic mass is 16.7. The maximum absolute atomic E-state index is 13.4. The third kappa shape index (κ3) is 2.73. The molecule has 2 fully saturated rings. The van der Waals surface area contributed by atoms with Crippen LogP contribution in [0.2, 0.25) is 0 Å². The van der Waals surface area contributed by atoms with Crippen LogP contribution in [0.3, 0.4) is 0 Å². The van der Waals surface area contributed by atoms with Crippen molar-refractivity contribution < 1.29 is 19.0 Å². The number of fused-ring (bicyclic) bond motifs is 2. The standard InChI is InChI=1S/C22H23NO4/c1-21(2)25-13-22(14-26-21)11-23(12-22)20(24)19-15-7-3-5-9-17(15)27-18-10-6-4-8-16(18)19/h3-10,19H,11-14H2,1-2H3. The van der Waals surface area contributed by atoms with Crippen LogP contribution in [0.1, 0.15) is 30.9 Å². The van der Waals surface area contributed by atoms with Gasteiger partial charge in [-0.15, -0.1) is 0 Å². The lowest BCUT2D eigenvalue weighted by atomic mass is 9.78. The molecule has 140 valence electrons. The Morgan fingerprint density at radius 3 is 2.00 bits per heavy atom. The van der Waals surface area contributed by atoms with Gasteiger partial charge in [0.1, 0.15) is 11.5 Å². The molecule has 1 spiro atoms. The molecule has 0 unspecified atom stereocenters. The summed E-state index contributed by atoms with van der Waals surface area (Å²) in [6.07, 6.45) is 0. The molecule has 5 heteroatoms. The summed E-state index contributed by atoms with van der Waals surface area (Å²) in [7, 11) is 0. The molecule has 1 amide bonds. The normalized spacial score (nSPS) is 22.4. The number of hydrogen-bond acceptors (Lipinski definition) is 4. The highest BCUT2D eigenvalue weighted by Gasteiger charge is 2.51. The first kappa shape index (κ1) is 16.8. The summed E-state index contributed by atoms with van der Waals surface area (Å²) in [6, 6.07) is 15.6. The summed E-state index contributed by atoms with van der Waals surface area (Å²) in [4.78, 5) is 15.4. The van der Waals surface area contributed by atoms with E-state index >= 15 is 0 Å². The molecule has 3 heterocycles. The first-order chi connectivity index (χ1) is 13.0. The molecule has 0 bridgehead atoms. The minimum absolute atomic E-state index is 0.0740. The average Bonchev–Trinajstić information content (AvgIpc) is 2.64. The minimum Gasteiger partial charge on any atom is -0.457 e. The third-order valence-electron chi connectivity index (χ3n) is 5.74. The lowest BCUT2D eigenvalue weighted by Gasteiger charge is -2.54. The number of carbonyl (C=O) groups excluding carboxylic acids is 1. The number of para-hydroxylation sites is 2. The largest absolute Gasteiger partial charge is 0.457 e. The van der Waals surface area contributed by atoms with E-state index in [1.807, 2.05) is 67.3 Å². The average molecular weight is 365 g/mol. The van der Waals surface area contributed by atoms with Crippen LogP contribution in [-0.4, -0.2) is 42.9 Å². The van der Waals surface area contributed by atoms with Crippen LogP contribution in [0.5, 0.6) is 11.5 Å².